The molecule has 4 heteroatoms. The van der Waals surface area contributed by atoms with Gasteiger partial charge >= 0.3 is 0 Å². The lowest BCUT2D eigenvalue weighted by atomic mass is 10.2. The number of ether oxygens (including phenoxy) is 1. The van der Waals surface area contributed by atoms with Crippen LogP contribution in [0.5, 0.6) is 5.75 Å². The molecular weight excluding hydrogens is 242 g/mol. The van der Waals surface area contributed by atoms with Gasteiger partial charge in [0.2, 0.25) is 0 Å². The van der Waals surface area contributed by atoms with Gasteiger partial charge in [-0.05, 0) is 34.5 Å². The molecule has 2 rings (SSSR count). The highest BCUT2D eigenvalue weighted by molar-refractivity contribution is 7.07. The van der Waals surface area contributed by atoms with E-state index in [1.807, 2.05) is 0 Å². The van der Waals surface area contributed by atoms with E-state index in [9.17, 15) is 0 Å². The van der Waals surface area contributed by atoms with Crippen LogP contribution in [0.4, 0.5) is 5.69 Å². The van der Waals surface area contributed by atoms with E-state index in [0.717, 1.165) is 6.42 Å². The summed E-state index contributed by atoms with van der Waals surface area (Å²) in [6.45, 7) is 0.612. The van der Waals surface area contributed by atoms with Crippen LogP contribution in [-0.2, 0) is 6.42 Å². The Hall–Kier alpha value is -1.19. The van der Waals surface area contributed by atoms with Gasteiger partial charge in [0.1, 0.15) is 5.75 Å². The molecule has 0 saturated heterocycles. The molecule has 1 aromatic carbocycles. The maximum absolute atomic E-state index is 5.86. The van der Waals surface area contributed by atoms with Gasteiger partial charge in [-0.15, -0.1) is 0 Å². The highest BCUT2D eigenvalue weighted by atomic mass is 35.5. The summed E-state index contributed by atoms with van der Waals surface area (Å²) in [7, 11) is 0. The predicted molar refractivity (Wildman–Crippen MR) is 69.4 cm³/mol. The lowest BCUT2D eigenvalue weighted by molar-refractivity contribution is 0.324. The van der Waals surface area contributed by atoms with Gasteiger partial charge in [-0.2, -0.15) is 11.3 Å². The number of nitrogens with two attached hydrogens (primary N) is 1. The van der Waals surface area contributed by atoms with Gasteiger partial charge in [-0.3, -0.25) is 0 Å². The number of anilines is 1. The van der Waals surface area contributed by atoms with E-state index in [2.05, 4.69) is 16.8 Å². The van der Waals surface area contributed by atoms with Crippen molar-refractivity contribution < 1.29 is 4.74 Å². The van der Waals surface area contributed by atoms with Gasteiger partial charge in [0, 0.05) is 17.5 Å². The van der Waals surface area contributed by atoms with Crippen LogP contribution in [0.1, 0.15) is 5.56 Å². The second-order valence-electron chi connectivity index (χ2n) is 3.41. The fraction of sp³-hybridized carbons (Fsp3) is 0.167. The minimum atomic E-state index is 0.612. The van der Waals surface area contributed by atoms with E-state index in [1.54, 1.807) is 29.5 Å². The van der Waals surface area contributed by atoms with Gasteiger partial charge < -0.3 is 10.5 Å². The molecule has 0 unspecified atom stereocenters. The van der Waals surface area contributed by atoms with Gasteiger partial charge in [0.15, 0.2) is 0 Å². The molecule has 0 amide bonds. The first kappa shape index (κ1) is 11.3. The van der Waals surface area contributed by atoms with E-state index < -0.39 is 0 Å². The average Bonchev–Trinajstić information content (AvgIpc) is 2.76. The molecule has 0 fully saturated rings. The zero-order valence-electron chi connectivity index (χ0n) is 8.65. The Balaban J connectivity index is 1.92. The normalized spacial score (nSPS) is 10.3. The molecule has 0 saturated carbocycles. The van der Waals surface area contributed by atoms with Crippen molar-refractivity contribution in [1.29, 1.82) is 0 Å². The Morgan fingerprint density at radius 1 is 1.31 bits per heavy atom. The lowest BCUT2D eigenvalue weighted by Crippen LogP contribution is -2.02. The third kappa shape index (κ3) is 2.90. The van der Waals surface area contributed by atoms with Crippen LogP contribution in [0.15, 0.2) is 35.0 Å². The Morgan fingerprint density at radius 2 is 2.19 bits per heavy atom. The van der Waals surface area contributed by atoms with Crippen LogP contribution in [0, 0.1) is 0 Å². The number of rotatable bonds is 4. The largest absolute Gasteiger partial charge is 0.491 e. The van der Waals surface area contributed by atoms with Gasteiger partial charge in [0.25, 0.3) is 0 Å². The molecule has 0 bridgehead atoms. The summed E-state index contributed by atoms with van der Waals surface area (Å²) >= 11 is 7.55. The second-order valence-corrected chi connectivity index (χ2v) is 4.63. The van der Waals surface area contributed by atoms with Crippen LogP contribution in [0.25, 0.3) is 0 Å². The third-order valence-corrected chi connectivity index (χ3v) is 3.17. The van der Waals surface area contributed by atoms with E-state index in [1.165, 1.54) is 5.56 Å². The number of halogens is 1. The zero-order valence-corrected chi connectivity index (χ0v) is 10.2. The van der Waals surface area contributed by atoms with Crippen molar-refractivity contribution in [2.45, 2.75) is 6.42 Å². The molecule has 0 aliphatic heterocycles. The molecule has 2 aromatic rings. The van der Waals surface area contributed by atoms with Crippen molar-refractivity contribution in [3.8, 4) is 5.75 Å². The molecule has 16 heavy (non-hydrogen) atoms. The first-order chi connectivity index (χ1) is 7.75. The van der Waals surface area contributed by atoms with Crippen LogP contribution < -0.4 is 10.5 Å². The highest BCUT2D eigenvalue weighted by Crippen LogP contribution is 2.25. The van der Waals surface area contributed by atoms with Crippen molar-refractivity contribution in [2.24, 2.45) is 0 Å². The summed E-state index contributed by atoms with van der Waals surface area (Å²) in [5.41, 5.74) is 7.67. The van der Waals surface area contributed by atoms with Crippen molar-refractivity contribution in [2.75, 3.05) is 12.3 Å². The van der Waals surface area contributed by atoms with Crippen LogP contribution in [-0.4, -0.2) is 6.61 Å². The molecule has 0 atom stereocenters. The van der Waals surface area contributed by atoms with Gasteiger partial charge in [0.05, 0.1) is 12.3 Å². The monoisotopic (exact) mass is 253 g/mol. The Labute approximate surface area is 104 Å². The molecule has 1 aromatic heterocycles. The van der Waals surface area contributed by atoms with E-state index in [0.29, 0.717) is 23.1 Å². The Kier molecular flexibility index (Phi) is 3.70. The minimum Gasteiger partial charge on any atom is -0.491 e. The summed E-state index contributed by atoms with van der Waals surface area (Å²) in [6, 6.07) is 7.34. The second kappa shape index (κ2) is 5.23. The molecule has 2 nitrogen and oxygen atoms in total. The molecule has 0 radical (unpaired) electrons. The van der Waals surface area contributed by atoms with E-state index in [-0.39, 0.29) is 0 Å². The van der Waals surface area contributed by atoms with Crippen LogP contribution in [0.3, 0.4) is 0 Å². The molecule has 1 heterocycles. The Morgan fingerprint density at radius 3 is 2.94 bits per heavy atom. The highest BCUT2D eigenvalue weighted by Gasteiger charge is 2.01. The summed E-state index contributed by atoms with van der Waals surface area (Å²) in [6.07, 6.45) is 0.884. The topological polar surface area (TPSA) is 35.2 Å². The quantitative estimate of drug-likeness (QED) is 0.845. The predicted octanol–water partition coefficient (Wildman–Crippen LogP) is 3.61. The SMILES string of the molecule is Nc1ccc(Cl)cc1OCCc1ccsc1. The van der Waals surface area contributed by atoms with Crippen LogP contribution >= 0.6 is 22.9 Å². The Bertz CT molecular complexity index is 456. The van der Waals surface area contributed by atoms with Crippen molar-refractivity contribution in [3.63, 3.8) is 0 Å². The number of thiophene rings is 1. The first-order valence-electron chi connectivity index (χ1n) is 4.94. The lowest BCUT2D eigenvalue weighted by Gasteiger charge is -2.08. The molecule has 84 valence electrons. The first-order valence-corrected chi connectivity index (χ1v) is 6.26. The number of hydrogen-bond donors (Lipinski definition) is 1. The van der Waals surface area contributed by atoms with Crippen molar-refractivity contribution in [3.05, 3.63) is 45.6 Å². The summed E-state index contributed by atoms with van der Waals surface area (Å²) < 4.78 is 5.59. The van der Waals surface area contributed by atoms with Crippen molar-refractivity contribution in [1.82, 2.24) is 0 Å². The minimum absolute atomic E-state index is 0.612. The fourth-order valence-corrected chi connectivity index (χ4v) is 2.21. The summed E-state index contributed by atoms with van der Waals surface area (Å²) in [5.74, 6) is 0.655. The third-order valence-electron chi connectivity index (χ3n) is 2.20. The fourth-order valence-electron chi connectivity index (χ4n) is 1.35. The standard InChI is InChI=1S/C12H12ClNOS/c13-10-1-2-11(14)12(7-10)15-5-3-9-4-6-16-8-9/h1-2,4,6-8H,3,5,14H2. The molecule has 2 N–H and O–H groups in total. The molecular formula is C12H12ClNOS. The number of hydrogen-bond acceptors (Lipinski definition) is 3. The maximum atomic E-state index is 5.86. The van der Waals surface area contributed by atoms with E-state index >= 15 is 0 Å². The number of benzene rings is 1. The summed E-state index contributed by atoms with van der Waals surface area (Å²) in [4.78, 5) is 0. The van der Waals surface area contributed by atoms with E-state index in [4.69, 9.17) is 22.1 Å². The molecule has 0 aliphatic rings. The average molecular weight is 254 g/mol. The smallest absolute Gasteiger partial charge is 0.143 e. The maximum Gasteiger partial charge on any atom is 0.143 e. The van der Waals surface area contributed by atoms with Gasteiger partial charge in [-0.25, -0.2) is 0 Å². The zero-order chi connectivity index (χ0) is 11.4. The van der Waals surface area contributed by atoms with Crippen LogP contribution in [0.2, 0.25) is 5.02 Å². The molecule has 0 spiro atoms. The number of nitrogen functional groups attached to an aromatic ring is 1. The van der Waals surface area contributed by atoms with Gasteiger partial charge in [-0.1, -0.05) is 11.6 Å². The summed E-state index contributed by atoms with van der Waals surface area (Å²) in [5, 5.41) is 4.81. The van der Waals surface area contributed by atoms with Crippen molar-refractivity contribution >= 4 is 28.6 Å². The molecule has 0 aliphatic carbocycles.